The van der Waals surface area contributed by atoms with Gasteiger partial charge in [0.05, 0.1) is 6.61 Å². The SMILES string of the molecule is CCNC(=NCCCCOc1ccccc1)NCCN(C)CCCOC. The number of nitrogens with zero attached hydrogens (tertiary/aromatic N) is 2. The van der Waals surface area contributed by atoms with Crippen LogP contribution in [-0.2, 0) is 4.74 Å². The van der Waals surface area contributed by atoms with Crippen LogP contribution < -0.4 is 15.4 Å². The van der Waals surface area contributed by atoms with Crippen LogP contribution >= 0.6 is 0 Å². The molecule has 1 aromatic rings. The van der Waals surface area contributed by atoms with E-state index in [1.54, 1.807) is 7.11 Å². The first-order valence-electron chi connectivity index (χ1n) is 9.63. The predicted octanol–water partition coefficient (Wildman–Crippen LogP) is 2.37. The van der Waals surface area contributed by atoms with E-state index in [1.807, 2.05) is 30.3 Å². The summed E-state index contributed by atoms with van der Waals surface area (Å²) < 4.78 is 10.8. The quantitative estimate of drug-likeness (QED) is 0.302. The zero-order valence-corrected chi connectivity index (χ0v) is 16.7. The molecule has 0 aliphatic heterocycles. The number of para-hydroxylation sites is 1. The lowest BCUT2D eigenvalue weighted by Gasteiger charge is -2.18. The predicted molar refractivity (Wildman–Crippen MR) is 109 cm³/mol. The number of aliphatic imine (C=N–C) groups is 1. The summed E-state index contributed by atoms with van der Waals surface area (Å²) in [5, 5.41) is 6.69. The van der Waals surface area contributed by atoms with Crippen molar-refractivity contribution in [3.8, 4) is 5.75 Å². The van der Waals surface area contributed by atoms with Gasteiger partial charge in [0.1, 0.15) is 5.75 Å². The van der Waals surface area contributed by atoms with Gasteiger partial charge in [0, 0.05) is 46.4 Å². The van der Waals surface area contributed by atoms with Crippen molar-refractivity contribution in [3.05, 3.63) is 30.3 Å². The van der Waals surface area contributed by atoms with E-state index in [1.165, 1.54) is 0 Å². The molecule has 0 heterocycles. The van der Waals surface area contributed by atoms with Crippen LogP contribution in [0.1, 0.15) is 26.2 Å². The molecule has 0 aliphatic rings. The lowest BCUT2D eigenvalue weighted by atomic mass is 10.3. The number of benzene rings is 1. The molecule has 0 bridgehead atoms. The Kier molecular flexibility index (Phi) is 13.2. The molecule has 0 fully saturated rings. The molecule has 148 valence electrons. The number of likely N-dealkylation sites (N-methyl/N-ethyl adjacent to an activating group) is 1. The molecule has 0 saturated heterocycles. The lowest BCUT2D eigenvalue weighted by Crippen LogP contribution is -2.41. The van der Waals surface area contributed by atoms with Crippen LogP contribution in [0.5, 0.6) is 5.75 Å². The fraction of sp³-hybridized carbons (Fsp3) is 0.650. The van der Waals surface area contributed by atoms with Crippen LogP contribution in [0, 0.1) is 0 Å². The Hall–Kier alpha value is -1.79. The van der Waals surface area contributed by atoms with Crippen LogP contribution in [-0.4, -0.2) is 71.0 Å². The van der Waals surface area contributed by atoms with Gasteiger partial charge >= 0.3 is 0 Å². The summed E-state index contributed by atoms with van der Waals surface area (Å²) in [6, 6.07) is 9.94. The van der Waals surface area contributed by atoms with Crippen LogP contribution in [0.15, 0.2) is 35.3 Å². The average Bonchev–Trinajstić information content (AvgIpc) is 2.65. The average molecular weight is 365 g/mol. The van der Waals surface area contributed by atoms with E-state index in [0.29, 0.717) is 0 Å². The van der Waals surface area contributed by atoms with Crippen molar-refractivity contribution in [1.82, 2.24) is 15.5 Å². The highest BCUT2D eigenvalue weighted by Crippen LogP contribution is 2.08. The third kappa shape index (κ3) is 11.7. The molecule has 0 aromatic heterocycles. The van der Waals surface area contributed by atoms with Crippen LogP contribution in [0.4, 0.5) is 0 Å². The first kappa shape index (κ1) is 22.3. The molecule has 6 nitrogen and oxygen atoms in total. The number of guanidine groups is 1. The molecule has 0 saturated carbocycles. The molecular formula is C20H36N4O2. The van der Waals surface area contributed by atoms with Crippen LogP contribution in [0.25, 0.3) is 0 Å². The van der Waals surface area contributed by atoms with Gasteiger partial charge in [-0.2, -0.15) is 0 Å². The summed E-state index contributed by atoms with van der Waals surface area (Å²) in [6.45, 7) is 8.22. The Balaban J connectivity index is 2.13. The van der Waals surface area contributed by atoms with E-state index in [-0.39, 0.29) is 0 Å². The van der Waals surface area contributed by atoms with Gasteiger partial charge in [0.2, 0.25) is 0 Å². The molecule has 0 unspecified atom stereocenters. The molecule has 1 aromatic carbocycles. The van der Waals surface area contributed by atoms with E-state index >= 15 is 0 Å². The number of methoxy groups -OCH3 is 1. The summed E-state index contributed by atoms with van der Waals surface area (Å²) in [5.41, 5.74) is 0. The third-order valence-corrected chi connectivity index (χ3v) is 3.85. The summed E-state index contributed by atoms with van der Waals surface area (Å²) in [4.78, 5) is 6.93. The summed E-state index contributed by atoms with van der Waals surface area (Å²) in [7, 11) is 3.88. The van der Waals surface area contributed by atoms with Crippen molar-refractivity contribution in [2.75, 3.05) is 60.1 Å². The van der Waals surface area contributed by atoms with Crippen molar-refractivity contribution in [2.24, 2.45) is 4.99 Å². The van der Waals surface area contributed by atoms with Gasteiger partial charge in [0.25, 0.3) is 0 Å². The number of hydrogen-bond acceptors (Lipinski definition) is 4. The van der Waals surface area contributed by atoms with Crippen LogP contribution in [0.2, 0.25) is 0 Å². The molecule has 0 atom stereocenters. The number of ether oxygens (including phenoxy) is 2. The zero-order valence-electron chi connectivity index (χ0n) is 16.7. The lowest BCUT2D eigenvalue weighted by molar-refractivity contribution is 0.180. The highest BCUT2D eigenvalue weighted by Gasteiger charge is 2.00. The summed E-state index contributed by atoms with van der Waals surface area (Å²) in [5.74, 6) is 1.82. The van der Waals surface area contributed by atoms with Gasteiger partial charge in [-0.3, -0.25) is 4.99 Å². The maximum atomic E-state index is 5.70. The standard InChI is InChI=1S/C20H36N4O2/c1-4-21-20(23-14-16-24(2)15-10-17-25-3)22-13-8-9-18-26-19-11-6-5-7-12-19/h5-7,11-12H,4,8-10,13-18H2,1-3H3,(H2,21,22,23). The normalized spacial score (nSPS) is 11.6. The second kappa shape index (κ2) is 15.5. The molecule has 0 radical (unpaired) electrons. The third-order valence-electron chi connectivity index (χ3n) is 3.85. The topological polar surface area (TPSA) is 58.1 Å². The molecule has 0 amide bonds. The van der Waals surface area contributed by atoms with Gasteiger partial charge in [-0.25, -0.2) is 0 Å². The summed E-state index contributed by atoms with van der Waals surface area (Å²) in [6.07, 6.45) is 3.08. The number of hydrogen-bond donors (Lipinski definition) is 2. The minimum atomic E-state index is 0.732. The Morgan fingerprint density at radius 2 is 1.85 bits per heavy atom. The molecule has 26 heavy (non-hydrogen) atoms. The molecule has 2 N–H and O–H groups in total. The smallest absolute Gasteiger partial charge is 0.191 e. The molecule has 0 spiro atoms. The Labute approximate surface area is 159 Å². The number of rotatable bonds is 14. The van der Waals surface area contributed by atoms with E-state index in [2.05, 4.69) is 34.5 Å². The molecular weight excluding hydrogens is 328 g/mol. The van der Waals surface area contributed by atoms with E-state index in [9.17, 15) is 0 Å². The van der Waals surface area contributed by atoms with Gasteiger partial charge in [-0.15, -0.1) is 0 Å². The second-order valence-electron chi connectivity index (χ2n) is 6.21. The highest BCUT2D eigenvalue weighted by molar-refractivity contribution is 5.79. The fourth-order valence-electron chi connectivity index (χ4n) is 2.41. The van der Waals surface area contributed by atoms with Crippen molar-refractivity contribution < 1.29 is 9.47 Å². The zero-order chi connectivity index (χ0) is 18.9. The van der Waals surface area contributed by atoms with Crippen molar-refractivity contribution >= 4 is 5.96 Å². The highest BCUT2D eigenvalue weighted by atomic mass is 16.5. The Morgan fingerprint density at radius 3 is 2.58 bits per heavy atom. The first-order chi connectivity index (χ1) is 12.8. The second-order valence-corrected chi connectivity index (χ2v) is 6.21. The fourth-order valence-corrected chi connectivity index (χ4v) is 2.41. The van der Waals surface area contributed by atoms with E-state index in [4.69, 9.17) is 9.47 Å². The summed E-state index contributed by atoms with van der Waals surface area (Å²) >= 11 is 0. The largest absolute Gasteiger partial charge is 0.494 e. The maximum absolute atomic E-state index is 5.70. The molecule has 1 rings (SSSR count). The number of unbranched alkanes of at least 4 members (excludes halogenated alkanes) is 1. The Morgan fingerprint density at radius 1 is 1.04 bits per heavy atom. The van der Waals surface area contributed by atoms with Gasteiger partial charge < -0.3 is 25.0 Å². The van der Waals surface area contributed by atoms with Crippen molar-refractivity contribution in [3.63, 3.8) is 0 Å². The van der Waals surface area contributed by atoms with Gasteiger partial charge in [-0.05, 0) is 45.4 Å². The molecule has 6 heteroatoms. The van der Waals surface area contributed by atoms with Gasteiger partial charge in [-0.1, -0.05) is 18.2 Å². The monoisotopic (exact) mass is 364 g/mol. The maximum Gasteiger partial charge on any atom is 0.191 e. The van der Waals surface area contributed by atoms with Crippen molar-refractivity contribution in [1.29, 1.82) is 0 Å². The Bertz CT molecular complexity index is 468. The van der Waals surface area contributed by atoms with E-state index in [0.717, 1.165) is 76.9 Å². The number of nitrogens with one attached hydrogen (secondary N) is 2. The first-order valence-corrected chi connectivity index (χ1v) is 9.63. The van der Waals surface area contributed by atoms with Gasteiger partial charge in [0.15, 0.2) is 5.96 Å². The minimum Gasteiger partial charge on any atom is -0.494 e. The van der Waals surface area contributed by atoms with E-state index < -0.39 is 0 Å². The minimum absolute atomic E-state index is 0.732. The van der Waals surface area contributed by atoms with Crippen LogP contribution in [0.3, 0.4) is 0 Å². The molecule has 0 aliphatic carbocycles. The van der Waals surface area contributed by atoms with Crippen molar-refractivity contribution in [2.45, 2.75) is 26.2 Å².